The van der Waals surface area contributed by atoms with Crippen LogP contribution in [0.4, 0.5) is 0 Å². The Balaban J connectivity index is 2.08. The summed E-state index contributed by atoms with van der Waals surface area (Å²) in [5, 5.41) is 0. The normalized spacial score (nSPS) is 31.1. The summed E-state index contributed by atoms with van der Waals surface area (Å²) in [7, 11) is 1.22. The molecule has 2 N–H and O–H groups in total. The third kappa shape index (κ3) is 1.49. The average Bonchev–Trinajstić information content (AvgIpc) is 2.98. The molecule has 0 spiro atoms. The second kappa shape index (κ2) is 3.28. The summed E-state index contributed by atoms with van der Waals surface area (Å²) >= 11 is 0. The fourth-order valence-electron chi connectivity index (χ4n) is 2.03. The van der Waals surface area contributed by atoms with Gasteiger partial charge in [-0.2, -0.15) is 0 Å². The molecule has 1 saturated carbocycles. The summed E-state index contributed by atoms with van der Waals surface area (Å²) in [5.41, 5.74) is 4.38. The molecule has 0 aromatic heterocycles. The van der Waals surface area contributed by atoms with Crippen molar-refractivity contribution in [2.45, 2.75) is 18.9 Å². The lowest BCUT2D eigenvalue weighted by atomic mass is 10.0. The van der Waals surface area contributed by atoms with Gasteiger partial charge in [0, 0.05) is 0 Å². The highest BCUT2D eigenvalue weighted by atomic mass is 16.5. The molecular weight excluding hydrogens is 212 g/mol. The molecular formula is C10H14N2O4. The van der Waals surface area contributed by atoms with E-state index in [-0.39, 0.29) is 30.2 Å². The summed E-state index contributed by atoms with van der Waals surface area (Å²) in [6.45, 7) is 1.34. The molecule has 1 aliphatic carbocycles. The van der Waals surface area contributed by atoms with Crippen molar-refractivity contribution in [3.05, 3.63) is 0 Å². The van der Waals surface area contributed by atoms with E-state index in [2.05, 4.69) is 4.74 Å². The van der Waals surface area contributed by atoms with Crippen molar-refractivity contribution >= 4 is 17.8 Å². The van der Waals surface area contributed by atoms with Crippen molar-refractivity contribution < 1.29 is 19.1 Å². The third-order valence-corrected chi connectivity index (χ3v) is 3.10. The van der Waals surface area contributed by atoms with Crippen molar-refractivity contribution in [3.63, 3.8) is 0 Å². The number of esters is 1. The molecule has 1 saturated heterocycles. The number of likely N-dealkylation sites (tertiary alicyclic amines) is 1. The van der Waals surface area contributed by atoms with E-state index in [1.165, 1.54) is 14.0 Å². The minimum absolute atomic E-state index is 0.107. The van der Waals surface area contributed by atoms with Crippen LogP contribution in [0.2, 0.25) is 0 Å². The highest BCUT2D eigenvalue weighted by molar-refractivity contribution is 6.09. The van der Waals surface area contributed by atoms with Gasteiger partial charge in [0.1, 0.15) is 5.54 Å². The van der Waals surface area contributed by atoms with E-state index in [9.17, 15) is 14.4 Å². The first kappa shape index (κ1) is 11.1. The highest BCUT2D eigenvalue weighted by Gasteiger charge is 2.59. The fraction of sp³-hybridized carbons (Fsp3) is 0.700. The Labute approximate surface area is 92.7 Å². The molecule has 2 rings (SSSR count). The molecule has 6 nitrogen and oxygen atoms in total. The smallest absolute Gasteiger partial charge is 0.327 e. The predicted octanol–water partition coefficient (Wildman–Crippen LogP) is -1.12. The molecule has 3 unspecified atom stereocenters. The zero-order chi connectivity index (χ0) is 12.1. The van der Waals surface area contributed by atoms with Crippen LogP contribution in [-0.4, -0.2) is 41.9 Å². The second-order valence-corrected chi connectivity index (χ2v) is 4.62. The molecule has 2 aliphatic rings. The van der Waals surface area contributed by atoms with Crippen LogP contribution in [0, 0.1) is 11.8 Å². The molecule has 2 fully saturated rings. The van der Waals surface area contributed by atoms with E-state index < -0.39 is 11.5 Å². The predicted molar refractivity (Wildman–Crippen MR) is 52.9 cm³/mol. The first-order chi connectivity index (χ1) is 7.38. The first-order valence-electron chi connectivity index (χ1n) is 5.11. The van der Waals surface area contributed by atoms with Crippen LogP contribution in [0.1, 0.15) is 13.3 Å². The molecule has 0 radical (unpaired) electrons. The molecule has 6 heteroatoms. The molecule has 2 amide bonds. The largest absolute Gasteiger partial charge is 0.468 e. The summed E-state index contributed by atoms with van der Waals surface area (Å²) in [5.74, 6) is -1.39. The van der Waals surface area contributed by atoms with E-state index in [1.807, 2.05) is 0 Å². The standard InChI is InChI=1S/C10H14N2O4/c1-10(11,9(15)16-2)4-12-7(13)5-3-6(5)8(12)14/h5-6H,3-4,11H2,1-2H3. The zero-order valence-corrected chi connectivity index (χ0v) is 9.23. The number of nitrogens with zero attached hydrogens (tertiary/aromatic N) is 1. The maximum atomic E-state index is 11.6. The summed E-state index contributed by atoms with van der Waals surface area (Å²) < 4.78 is 4.52. The SMILES string of the molecule is COC(=O)C(C)(N)CN1C(=O)C2CC2C1=O. The Morgan fingerprint density at radius 2 is 2.00 bits per heavy atom. The molecule has 16 heavy (non-hydrogen) atoms. The first-order valence-corrected chi connectivity index (χ1v) is 5.11. The number of rotatable bonds is 3. The number of ether oxygens (including phenoxy) is 1. The van der Waals surface area contributed by atoms with Crippen LogP contribution in [0.3, 0.4) is 0 Å². The molecule has 3 atom stereocenters. The molecule has 0 bridgehead atoms. The van der Waals surface area contributed by atoms with Gasteiger partial charge in [-0.3, -0.25) is 19.3 Å². The van der Waals surface area contributed by atoms with E-state index in [0.717, 1.165) is 4.90 Å². The van der Waals surface area contributed by atoms with Crippen molar-refractivity contribution in [1.82, 2.24) is 4.90 Å². The Hall–Kier alpha value is -1.43. The fourth-order valence-corrected chi connectivity index (χ4v) is 2.03. The number of hydrogen-bond acceptors (Lipinski definition) is 5. The van der Waals surface area contributed by atoms with Gasteiger partial charge in [0.05, 0.1) is 25.5 Å². The second-order valence-electron chi connectivity index (χ2n) is 4.62. The summed E-state index contributed by atoms with van der Waals surface area (Å²) in [4.78, 5) is 35.7. The van der Waals surface area contributed by atoms with Gasteiger partial charge >= 0.3 is 5.97 Å². The number of piperidine rings is 1. The molecule has 1 aliphatic heterocycles. The molecule has 1 heterocycles. The van der Waals surface area contributed by atoms with E-state index >= 15 is 0 Å². The van der Waals surface area contributed by atoms with Crippen molar-refractivity contribution in [2.75, 3.05) is 13.7 Å². The van der Waals surface area contributed by atoms with Gasteiger partial charge in [-0.25, -0.2) is 0 Å². The topological polar surface area (TPSA) is 89.7 Å². The maximum Gasteiger partial charge on any atom is 0.327 e. The lowest BCUT2D eigenvalue weighted by Crippen LogP contribution is -2.56. The third-order valence-electron chi connectivity index (χ3n) is 3.10. The van der Waals surface area contributed by atoms with Crippen LogP contribution in [0.25, 0.3) is 0 Å². The Morgan fingerprint density at radius 3 is 2.44 bits per heavy atom. The van der Waals surface area contributed by atoms with Crippen LogP contribution in [-0.2, 0) is 19.1 Å². The number of nitrogens with two attached hydrogens (primary N) is 1. The number of carbonyl (C=O) groups is 3. The van der Waals surface area contributed by atoms with Crippen LogP contribution in [0.15, 0.2) is 0 Å². The average molecular weight is 226 g/mol. The van der Waals surface area contributed by atoms with Gasteiger partial charge in [0.2, 0.25) is 11.8 Å². The minimum atomic E-state index is -1.34. The lowest BCUT2D eigenvalue weighted by Gasteiger charge is -2.27. The summed E-state index contributed by atoms with van der Waals surface area (Å²) in [6, 6.07) is 0. The van der Waals surface area contributed by atoms with Gasteiger partial charge in [-0.05, 0) is 13.3 Å². The lowest BCUT2D eigenvalue weighted by molar-refractivity contribution is -0.150. The molecule has 0 aromatic rings. The monoisotopic (exact) mass is 226 g/mol. The van der Waals surface area contributed by atoms with Crippen LogP contribution >= 0.6 is 0 Å². The minimum Gasteiger partial charge on any atom is -0.468 e. The van der Waals surface area contributed by atoms with Crippen LogP contribution in [0.5, 0.6) is 0 Å². The highest BCUT2D eigenvalue weighted by Crippen LogP contribution is 2.47. The van der Waals surface area contributed by atoms with Crippen molar-refractivity contribution in [1.29, 1.82) is 0 Å². The van der Waals surface area contributed by atoms with Crippen molar-refractivity contribution in [2.24, 2.45) is 17.6 Å². The Kier molecular flexibility index (Phi) is 2.27. The summed E-state index contributed by atoms with van der Waals surface area (Å²) in [6.07, 6.45) is 0.647. The van der Waals surface area contributed by atoms with Gasteiger partial charge in [0.15, 0.2) is 0 Å². The van der Waals surface area contributed by atoms with Gasteiger partial charge < -0.3 is 10.5 Å². The number of fused-ring (bicyclic) bond motifs is 1. The number of methoxy groups -OCH3 is 1. The van der Waals surface area contributed by atoms with Gasteiger partial charge in [-0.15, -0.1) is 0 Å². The van der Waals surface area contributed by atoms with Crippen LogP contribution < -0.4 is 5.73 Å². The number of hydrogen-bond donors (Lipinski definition) is 1. The van der Waals surface area contributed by atoms with Crippen molar-refractivity contribution in [3.8, 4) is 0 Å². The van der Waals surface area contributed by atoms with E-state index in [0.29, 0.717) is 6.42 Å². The Bertz CT molecular complexity index is 357. The number of carbonyl (C=O) groups excluding carboxylic acids is 3. The van der Waals surface area contributed by atoms with Gasteiger partial charge in [-0.1, -0.05) is 0 Å². The van der Waals surface area contributed by atoms with E-state index in [1.54, 1.807) is 0 Å². The quantitative estimate of drug-likeness (QED) is 0.486. The Morgan fingerprint density at radius 1 is 1.50 bits per heavy atom. The molecule has 0 aromatic carbocycles. The zero-order valence-electron chi connectivity index (χ0n) is 9.23. The van der Waals surface area contributed by atoms with E-state index in [4.69, 9.17) is 5.73 Å². The number of amides is 2. The maximum absolute atomic E-state index is 11.6. The van der Waals surface area contributed by atoms with Gasteiger partial charge in [0.25, 0.3) is 0 Å². The number of imide groups is 1. The molecule has 88 valence electrons.